The number of carbonyl (C=O) groups is 1. The third kappa shape index (κ3) is 3.99. The zero-order valence-electron chi connectivity index (χ0n) is 17.0. The van der Waals surface area contributed by atoms with E-state index in [0.29, 0.717) is 13.2 Å². The molecular formula is C24H31NO2. The number of nitrogens with zero attached hydrogens (tertiary/aromatic N) is 1. The highest BCUT2D eigenvalue weighted by Gasteiger charge is 2.36. The van der Waals surface area contributed by atoms with Crippen LogP contribution in [-0.4, -0.2) is 42.5 Å². The first-order valence-electron chi connectivity index (χ1n) is 10.1. The average Bonchev–Trinajstić information content (AvgIpc) is 2.73. The van der Waals surface area contributed by atoms with Crippen molar-refractivity contribution in [2.75, 3.05) is 26.3 Å². The molecule has 1 saturated heterocycles. The second kappa shape index (κ2) is 8.37. The number of morpholine rings is 1. The fraction of sp³-hybridized carbons (Fsp3) is 0.458. The molecule has 1 aliphatic rings. The molecule has 144 valence electrons. The van der Waals surface area contributed by atoms with Crippen molar-refractivity contribution < 1.29 is 9.53 Å². The monoisotopic (exact) mass is 365 g/mol. The predicted molar refractivity (Wildman–Crippen MR) is 111 cm³/mol. The van der Waals surface area contributed by atoms with Crippen molar-refractivity contribution in [3.63, 3.8) is 0 Å². The average molecular weight is 366 g/mol. The summed E-state index contributed by atoms with van der Waals surface area (Å²) in [5.74, 6) is 0.189. The van der Waals surface area contributed by atoms with Gasteiger partial charge < -0.3 is 4.74 Å². The molecule has 1 fully saturated rings. The van der Waals surface area contributed by atoms with E-state index in [1.165, 1.54) is 22.3 Å². The molecule has 0 bridgehead atoms. The molecular weight excluding hydrogens is 334 g/mol. The molecule has 0 radical (unpaired) electrons. The van der Waals surface area contributed by atoms with Gasteiger partial charge in [0.05, 0.1) is 18.8 Å². The molecule has 0 spiro atoms. The zero-order valence-corrected chi connectivity index (χ0v) is 17.0. The van der Waals surface area contributed by atoms with E-state index >= 15 is 0 Å². The maximum Gasteiger partial charge on any atom is 0.182 e. The molecule has 0 aliphatic carbocycles. The lowest BCUT2D eigenvalue weighted by Gasteiger charge is -2.39. The highest BCUT2D eigenvalue weighted by atomic mass is 16.5. The van der Waals surface area contributed by atoms with Crippen molar-refractivity contribution >= 4 is 5.78 Å². The van der Waals surface area contributed by atoms with Gasteiger partial charge in [0.25, 0.3) is 0 Å². The zero-order chi connectivity index (χ0) is 19.4. The fourth-order valence-electron chi connectivity index (χ4n) is 4.00. The summed E-state index contributed by atoms with van der Waals surface area (Å²) in [6, 6.07) is 14.8. The standard InChI is InChI=1S/C24H31NO2/c1-5-18-9-7-8-10-21(18)22-12-11-20(17-19(22)6-2)23(26)24(3,4)25-13-15-27-16-14-25/h7-12,17H,5-6,13-16H2,1-4H3. The van der Waals surface area contributed by atoms with Gasteiger partial charge in [0.15, 0.2) is 5.78 Å². The van der Waals surface area contributed by atoms with Gasteiger partial charge in [-0.05, 0) is 55.0 Å². The van der Waals surface area contributed by atoms with Crippen LogP contribution in [0.5, 0.6) is 0 Å². The SMILES string of the molecule is CCc1ccccc1-c1ccc(C(=O)C(C)(C)N2CCOCC2)cc1CC. The summed E-state index contributed by atoms with van der Waals surface area (Å²) in [6.07, 6.45) is 1.91. The fourth-order valence-corrected chi connectivity index (χ4v) is 4.00. The Kier molecular flexibility index (Phi) is 6.13. The third-order valence-electron chi connectivity index (χ3n) is 5.79. The maximum absolute atomic E-state index is 13.3. The van der Waals surface area contributed by atoms with Crippen molar-refractivity contribution in [1.29, 1.82) is 0 Å². The first-order chi connectivity index (χ1) is 13.0. The van der Waals surface area contributed by atoms with E-state index in [4.69, 9.17) is 4.74 Å². The Morgan fingerprint density at radius 1 is 0.963 bits per heavy atom. The van der Waals surface area contributed by atoms with E-state index in [1.807, 2.05) is 19.9 Å². The van der Waals surface area contributed by atoms with Crippen LogP contribution in [0.15, 0.2) is 42.5 Å². The molecule has 27 heavy (non-hydrogen) atoms. The Morgan fingerprint density at radius 3 is 2.26 bits per heavy atom. The highest BCUT2D eigenvalue weighted by molar-refractivity contribution is 6.03. The van der Waals surface area contributed by atoms with Crippen LogP contribution in [-0.2, 0) is 17.6 Å². The number of benzene rings is 2. The Labute approximate surface area is 163 Å². The van der Waals surface area contributed by atoms with Crippen LogP contribution in [0.4, 0.5) is 0 Å². The summed E-state index contributed by atoms with van der Waals surface area (Å²) >= 11 is 0. The lowest BCUT2D eigenvalue weighted by molar-refractivity contribution is -0.00430. The van der Waals surface area contributed by atoms with Crippen molar-refractivity contribution in [3.8, 4) is 11.1 Å². The minimum atomic E-state index is -0.516. The summed E-state index contributed by atoms with van der Waals surface area (Å²) in [5, 5.41) is 0. The quantitative estimate of drug-likeness (QED) is 0.691. The number of carbonyl (C=O) groups excluding carboxylic acids is 1. The Hall–Kier alpha value is -1.97. The lowest BCUT2D eigenvalue weighted by Crippen LogP contribution is -2.54. The first kappa shape index (κ1) is 19.8. The molecule has 1 aliphatic heterocycles. The molecule has 0 atom stereocenters. The number of Topliss-reactive ketones (excluding diaryl/α,β-unsaturated/α-hetero) is 1. The van der Waals surface area contributed by atoms with E-state index in [2.05, 4.69) is 55.1 Å². The largest absolute Gasteiger partial charge is 0.379 e. The lowest BCUT2D eigenvalue weighted by atomic mass is 9.87. The third-order valence-corrected chi connectivity index (χ3v) is 5.79. The summed E-state index contributed by atoms with van der Waals surface area (Å²) in [5.41, 5.74) is 5.40. The van der Waals surface area contributed by atoms with E-state index in [1.54, 1.807) is 0 Å². The van der Waals surface area contributed by atoms with Crippen LogP contribution in [0.3, 0.4) is 0 Å². The van der Waals surface area contributed by atoms with Gasteiger partial charge in [-0.1, -0.05) is 50.2 Å². The molecule has 0 amide bonds. The highest BCUT2D eigenvalue weighted by Crippen LogP contribution is 2.30. The van der Waals surface area contributed by atoms with Crippen molar-refractivity contribution in [1.82, 2.24) is 4.90 Å². The molecule has 0 unspecified atom stereocenters. The molecule has 0 aromatic heterocycles. The van der Waals surface area contributed by atoms with Gasteiger partial charge in [-0.15, -0.1) is 0 Å². The van der Waals surface area contributed by atoms with Gasteiger partial charge in [-0.3, -0.25) is 9.69 Å². The van der Waals surface area contributed by atoms with E-state index in [-0.39, 0.29) is 5.78 Å². The summed E-state index contributed by atoms with van der Waals surface area (Å²) < 4.78 is 5.45. The Balaban J connectivity index is 1.95. The summed E-state index contributed by atoms with van der Waals surface area (Å²) in [6.45, 7) is 11.4. The van der Waals surface area contributed by atoms with Crippen LogP contribution < -0.4 is 0 Å². The molecule has 0 saturated carbocycles. The summed E-state index contributed by atoms with van der Waals surface area (Å²) in [4.78, 5) is 15.6. The molecule has 3 nitrogen and oxygen atoms in total. The Morgan fingerprint density at radius 2 is 1.59 bits per heavy atom. The molecule has 1 heterocycles. The number of rotatable bonds is 6. The van der Waals surface area contributed by atoms with E-state index < -0.39 is 5.54 Å². The molecule has 3 rings (SSSR count). The van der Waals surface area contributed by atoms with Crippen molar-refractivity contribution in [3.05, 3.63) is 59.2 Å². The van der Waals surface area contributed by atoms with Crippen LogP contribution in [0.1, 0.15) is 49.2 Å². The van der Waals surface area contributed by atoms with Crippen LogP contribution in [0.2, 0.25) is 0 Å². The topological polar surface area (TPSA) is 29.5 Å². The first-order valence-corrected chi connectivity index (χ1v) is 10.1. The van der Waals surface area contributed by atoms with Gasteiger partial charge in [0.2, 0.25) is 0 Å². The van der Waals surface area contributed by atoms with E-state index in [0.717, 1.165) is 31.5 Å². The number of hydrogen-bond acceptors (Lipinski definition) is 3. The molecule has 0 N–H and O–H groups in total. The summed E-state index contributed by atoms with van der Waals surface area (Å²) in [7, 11) is 0. The van der Waals surface area contributed by atoms with E-state index in [9.17, 15) is 4.79 Å². The normalized spacial score (nSPS) is 15.7. The predicted octanol–water partition coefficient (Wildman–Crippen LogP) is 4.77. The molecule has 2 aromatic rings. The smallest absolute Gasteiger partial charge is 0.182 e. The second-order valence-electron chi connectivity index (χ2n) is 7.72. The van der Waals surface area contributed by atoms with Crippen molar-refractivity contribution in [2.45, 2.75) is 46.1 Å². The second-order valence-corrected chi connectivity index (χ2v) is 7.72. The van der Waals surface area contributed by atoms with Crippen LogP contribution in [0, 0.1) is 0 Å². The number of ether oxygens (including phenoxy) is 1. The number of hydrogen-bond donors (Lipinski definition) is 0. The van der Waals surface area contributed by atoms with Gasteiger partial charge in [0, 0.05) is 18.7 Å². The maximum atomic E-state index is 13.3. The number of ketones is 1. The van der Waals surface area contributed by atoms with Crippen LogP contribution >= 0.6 is 0 Å². The Bertz CT molecular complexity index is 804. The molecule has 2 aromatic carbocycles. The molecule has 3 heteroatoms. The minimum Gasteiger partial charge on any atom is -0.379 e. The van der Waals surface area contributed by atoms with Gasteiger partial charge in [-0.2, -0.15) is 0 Å². The van der Waals surface area contributed by atoms with Gasteiger partial charge >= 0.3 is 0 Å². The van der Waals surface area contributed by atoms with Crippen molar-refractivity contribution in [2.24, 2.45) is 0 Å². The number of aryl methyl sites for hydroxylation is 2. The minimum absolute atomic E-state index is 0.189. The van der Waals surface area contributed by atoms with Gasteiger partial charge in [-0.25, -0.2) is 0 Å². The van der Waals surface area contributed by atoms with Gasteiger partial charge in [0.1, 0.15) is 0 Å². The van der Waals surface area contributed by atoms with Crippen LogP contribution in [0.25, 0.3) is 11.1 Å².